The Morgan fingerprint density at radius 1 is 1.13 bits per heavy atom. The smallest absolute Gasteiger partial charge is 0.257 e. The summed E-state index contributed by atoms with van der Waals surface area (Å²) < 4.78 is 27.7. The molecule has 1 aliphatic heterocycles. The minimum Gasteiger partial charge on any atom is -0.296 e. The van der Waals surface area contributed by atoms with Crippen molar-refractivity contribution in [2.45, 2.75) is 34.8 Å². The highest BCUT2D eigenvalue weighted by atomic mass is 32.2. The van der Waals surface area contributed by atoms with Gasteiger partial charge in [-0.15, -0.1) is 10.2 Å². The number of anilines is 1. The zero-order valence-electron chi connectivity index (χ0n) is 16.9. The van der Waals surface area contributed by atoms with Crippen LogP contribution < -0.4 is 5.32 Å². The van der Waals surface area contributed by atoms with Crippen molar-refractivity contribution in [3.63, 3.8) is 0 Å². The predicted molar refractivity (Wildman–Crippen MR) is 123 cm³/mol. The zero-order valence-corrected chi connectivity index (χ0v) is 19.4. The Labute approximate surface area is 189 Å². The lowest BCUT2D eigenvalue weighted by Gasteiger charge is -2.15. The highest BCUT2D eigenvalue weighted by molar-refractivity contribution is 8.00. The summed E-state index contributed by atoms with van der Waals surface area (Å²) in [6.45, 7) is 3.09. The van der Waals surface area contributed by atoms with Crippen molar-refractivity contribution in [2.24, 2.45) is 0 Å². The zero-order chi connectivity index (χ0) is 21.8. The molecule has 1 aromatic heterocycles. The quantitative estimate of drug-likeness (QED) is 0.408. The van der Waals surface area contributed by atoms with E-state index in [1.807, 2.05) is 6.92 Å². The van der Waals surface area contributed by atoms with E-state index in [-0.39, 0.29) is 10.5 Å². The summed E-state index contributed by atoms with van der Waals surface area (Å²) in [5.74, 6) is 0.351. The summed E-state index contributed by atoms with van der Waals surface area (Å²) in [6, 6.07) is 14.4. The molecule has 0 bridgehead atoms. The number of amides is 1. The Hall–Kier alpha value is -2.27. The van der Waals surface area contributed by atoms with Gasteiger partial charge in [0.05, 0.1) is 4.90 Å². The molecule has 0 unspecified atom stereocenters. The number of aryl methyl sites for hydroxylation is 1. The van der Waals surface area contributed by atoms with E-state index in [4.69, 9.17) is 0 Å². The normalized spacial score (nSPS) is 14.6. The van der Waals surface area contributed by atoms with Crippen LogP contribution >= 0.6 is 23.1 Å². The molecule has 0 atom stereocenters. The molecule has 1 N–H and O–H groups in total. The lowest BCUT2D eigenvalue weighted by atomic mass is 10.2. The number of hydrogen-bond donors (Lipinski definition) is 1. The van der Waals surface area contributed by atoms with Crippen LogP contribution in [0.2, 0.25) is 0 Å². The van der Waals surface area contributed by atoms with E-state index in [0.29, 0.717) is 18.2 Å². The van der Waals surface area contributed by atoms with Gasteiger partial charge < -0.3 is 0 Å². The van der Waals surface area contributed by atoms with E-state index < -0.39 is 15.9 Å². The number of aromatic nitrogens is 2. The molecule has 2 heterocycles. The van der Waals surface area contributed by atoms with Crippen LogP contribution in [0.4, 0.5) is 5.13 Å². The fraction of sp³-hybridized carbons (Fsp3) is 0.286. The molecule has 1 fully saturated rings. The van der Waals surface area contributed by atoms with Crippen LogP contribution in [0, 0.1) is 6.92 Å². The largest absolute Gasteiger partial charge is 0.296 e. The Kier molecular flexibility index (Phi) is 6.71. The van der Waals surface area contributed by atoms with Gasteiger partial charge in [-0.1, -0.05) is 59.0 Å². The van der Waals surface area contributed by atoms with E-state index in [1.54, 1.807) is 23.9 Å². The molecule has 0 spiro atoms. The minimum absolute atomic E-state index is 0.133. The maximum Gasteiger partial charge on any atom is 0.257 e. The van der Waals surface area contributed by atoms with Crippen molar-refractivity contribution in [3.05, 3.63) is 65.2 Å². The van der Waals surface area contributed by atoms with Gasteiger partial charge in [-0.25, -0.2) is 8.42 Å². The van der Waals surface area contributed by atoms with Crippen LogP contribution in [0.5, 0.6) is 0 Å². The van der Waals surface area contributed by atoms with Crippen molar-refractivity contribution < 1.29 is 13.2 Å². The number of thioether (sulfide) groups is 1. The molecule has 2 aromatic carbocycles. The van der Waals surface area contributed by atoms with E-state index >= 15 is 0 Å². The molecule has 1 saturated heterocycles. The number of hydrogen-bond acceptors (Lipinski definition) is 7. The second kappa shape index (κ2) is 9.47. The van der Waals surface area contributed by atoms with Gasteiger partial charge in [-0.2, -0.15) is 4.31 Å². The van der Waals surface area contributed by atoms with Gasteiger partial charge in [0.1, 0.15) is 0 Å². The summed E-state index contributed by atoms with van der Waals surface area (Å²) in [4.78, 5) is 12.8. The predicted octanol–water partition coefficient (Wildman–Crippen LogP) is 4.18. The molecule has 0 saturated carbocycles. The molecule has 31 heavy (non-hydrogen) atoms. The molecule has 4 rings (SSSR count). The average molecular weight is 475 g/mol. The van der Waals surface area contributed by atoms with Crippen LogP contribution in [0.15, 0.2) is 57.8 Å². The Bertz CT molecular complexity index is 1170. The first-order valence-corrected chi connectivity index (χ1v) is 13.1. The fourth-order valence-electron chi connectivity index (χ4n) is 3.19. The monoisotopic (exact) mass is 474 g/mol. The van der Waals surface area contributed by atoms with Crippen LogP contribution in [0.25, 0.3) is 0 Å². The van der Waals surface area contributed by atoms with Crippen molar-refractivity contribution in [2.75, 3.05) is 18.4 Å². The molecule has 0 radical (unpaired) electrons. The number of rotatable bonds is 7. The number of nitrogens with zero attached hydrogens (tertiary/aromatic N) is 3. The first-order chi connectivity index (χ1) is 14.9. The lowest BCUT2D eigenvalue weighted by Crippen LogP contribution is -2.28. The van der Waals surface area contributed by atoms with Gasteiger partial charge >= 0.3 is 0 Å². The highest BCUT2D eigenvalue weighted by Crippen LogP contribution is 2.29. The van der Waals surface area contributed by atoms with Crippen LogP contribution in [-0.2, 0) is 15.8 Å². The lowest BCUT2D eigenvalue weighted by molar-refractivity contribution is 0.102. The topological polar surface area (TPSA) is 92.3 Å². The first-order valence-electron chi connectivity index (χ1n) is 9.85. The van der Waals surface area contributed by atoms with Crippen LogP contribution in [0.3, 0.4) is 0 Å². The number of sulfonamides is 1. The molecule has 10 heteroatoms. The SMILES string of the molecule is Cc1ccc(CSc2nnc(NC(=O)c3cccc(S(=O)(=O)N4CCCC4)c3)s2)cc1. The molecule has 3 aromatic rings. The fourth-order valence-corrected chi connectivity index (χ4v) is 6.46. The number of benzene rings is 2. The number of carbonyl (C=O) groups excluding carboxylic acids is 1. The summed E-state index contributed by atoms with van der Waals surface area (Å²) in [5, 5.41) is 11.2. The Morgan fingerprint density at radius 2 is 1.87 bits per heavy atom. The van der Waals surface area contributed by atoms with Crippen molar-refractivity contribution in [1.29, 1.82) is 0 Å². The summed E-state index contributed by atoms with van der Waals surface area (Å²) >= 11 is 2.84. The maximum absolute atomic E-state index is 12.7. The average Bonchev–Trinajstić information content (AvgIpc) is 3.46. The standard InChI is InChI=1S/C21H22N4O3S3/c1-15-7-9-16(10-8-15)14-29-21-24-23-20(30-21)22-19(26)17-5-4-6-18(13-17)31(27,28)25-11-2-3-12-25/h4-10,13H,2-3,11-12,14H2,1H3,(H,22,23,26). The second-order valence-electron chi connectivity index (χ2n) is 7.24. The summed E-state index contributed by atoms with van der Waals surface area (Å²) in [7, 11) is -3.58. The molecule has 162 valence electrons. The number of nitrogens with one attached hydrogen (secondary N) is 1. The van der Waals surface area contributed by atoms with Crippen molar-refractivity contribution >= 4 is 44.2 Å². The summed E-state index contributed by atoms with van der Waals surface area (Å²) in [5.41, 5.74) is 2.67. The third kappa shape index (κ3) is 5.32. The van der Waals surface area contributed by atoms with Crippen LogP contribution in [0.1, 0.15) is 34.3 Å². The van der Waals surface area contributed by atoms with Crippen molar-refractivity contribution in [3.8, 4) is 0 Å². The van der Waals surface area contributed by atoms with Gasteiger partial charge in [-0.05, 0) is 43.5 Å². The van der Waals surface area contributed by atoms with E-state index in [2.05, 4.69) is 39.8 Å². The van der Waals surface area contributed by atoms with E-state index in [1.165, 1.54) is 38.9 Å². The van der Waals surface area contributed by atoms with Gasteiger partial charge in [0.25, 0.3) is 5.91 Å². The van der Waals surface area contributed by atoms with Crippen LogP contribution in [-0.4, -0.2) is 41.9 Å². The Morgan fingerprint density at radius 3 is 2.61 bits per heavy atom. The molecule has 0 aliphatic carbocycles. The van der Waals surface area contributed by atoms with E-state index in [9.17, 15) is 13.2 Å². The molecule has 1 aliphatic rings. The van der Waals surface area contributed by atoms with E-state index in [0.717, 1.165) is 22.9 Å². The molecule has 1 amide bonds. The molecule has 7 nitrogen and oxygen atoms in total. The highest BCUT2D eigenvalue weighted by Gasteiger charge is 2.27. The van der Waals surface area contributed by atoms with Gasteiger partial charge in [-0.3, -0.25) is 10.1 Å². The van der Waals surface area contributed by atoms with Crippen molar-refractivity contribution in [1.82, 2.24) is 14.5 Å². The van der Waals surface area contributed by atoms with Gasteiger partial charge in [0, 0.05) is 24.4 Å². The molecular weight excluding hydrogens is 452 g/mol. The number of carbonyl (C=O) groups is 1. The molecular formula is C21H22N4O3S3. The maximum atomic E-state index is 12.7. The third-order valence-electron chi connectivity index (χ3n) is 4.91. The summed E-state index contributed by atoms with van der Waals surface area (Å²) in [6.07, 6.45) is 1.72. The van der Waals surface area contributed by atoms with Gasteiger partial charge in [0.2, 0.25) is 15.2 Å². The Balaban J connectivity index is 1.40. The minimum atomic E-state index is -3.58. The second-order valence-corrected chi connectivity index (χ2v) is 11.4. The van der Waals surface area contributed by atoms with Gasteiger partial charge in [0.15, 0.2) is 4.34 Å². The first kappa shape index (κ1) is 21.9. The third-order valence-corrected chi connectivity index (χ3v) is 8.85.